The normalized spacial score (nSPS) is 14.1. The molecule has 1 unspecified atom stereocenters. The fourth-order valence-corrected chi connectivity index (χ4v) is 5.55. The van der Waals surface area contributed by atoms with E-state index in [0.29, 0.717) is 50.7 Å². The molecule has 2 aromatic carbocycles. The summed E-state index contributed by atoms with van der Waals surface area (Å²) in [5, 5.41) is 12.2. The minimum atomic E-state index is -0.735. The van der Waals surface area contributed by atoms with Crippen LogP contribution in [-0.2, 0) is 11.2 Å². The highest BCUT2D eigenvalue weighted by Crippen LogP contribution is 2.43. The molecule has 3 aromatic heterocycles. The van der Waals surface area contributed by atoms with Gasteiger partial charge >= 0.3 is 6.09 Å². The molecule has 0 aliphatic carbocycles. The Labute approximate surface area is 225 Å². The Morgan fingerprint density at radius 3 is 2.92 bits per heavy atom. The second-order valence-electron chi connectivity index (χ2n) is 8.87. The summed E-state index contributed by atoms with van der Waals surface area (Å²) in [6.07, 6.45) is 3.37. The lowest BCUT2D eigenvalue weighted by Gasteiger charge is -2.12. The van der Waals surface area contributed by atoms with E-state index in [1.54, 1.807) is 6.20 Å². The summed E-state index contributed by atoms with van der Waals surface area (Å²) < 4.78 is 32.1. The second kappa shape index (κ2) is 9.77. The zero-order valence-electron chi connectivity index (χ0n) is 20.7. The molecule has 1 aliphatic rings. The first-order chi connectivity index (χ1) is 18.9. The van der Waals surface area contributed by atoms with Gasteiger partial charge in [0, 0.05) is 29.8 Å². The number of ether oxygens (including phenoxy) is 3. The van der Waals surface area contributed by atoms with Crippen molar-refractivity contribution in [2.24, 2.45) is 0 Å². The number of benzene rings is 2. The maximum atomic E-state index is 15.0. The van der Waals surface area contributed by atoms with Crippen LogP contribution in [0.3, 0.4) is 0 Å². The zero-order valence-corrected chi connectivity index (χ0v) is 21.5. The molecule has 1 N–H and O–H groups in total. The Bertz CT molecular complexity index is 1820. The van der Waals surface area contributed by atoms with Crippen LogP contribution in [0.1, 0.15) is 16.7 Å². The number of nitrogens with one attached hydrogen (secondary N) is 1. The van der Waals surface area contributed by atoms with E-state index in [1.807, 2.05) is 25.1 Å². The number of rotatable bonds is 5. The molecule has 0 fully saturated rings. The van der Waals surface area contributed by atoms with Crippen molar-refractivity contribution < 1.29 is 23.4 Å². The number of nitrogens with zero attached hydrogens (tertiary/aromatic N) is 5. The maximum absolute atomic E-state index is 15.0. The third-order valence-corrected chi connectivity index (χ3v) is 7.28. The van der Waals surface area contributed by atoms with E-state index >= 15 is 4.39 Å². The maximum Gasteiger partial charge on any atom is 0.411 e. The Morgan fingerprint density at radius 2 is 2.10 bits per heavy atom. The smallest absolute Gasteiger partial charge is 0.411 e. The first kappa shape index (κ1) is 24.4. The molecule has 1 atom stereocenters. The Kier molecular flexibility index (Phi) is 6.12. The third kappa shape index (κ3) is 4.64. The zero-order chi connectivity index (χ0) is 27.1. The van der Waals surface area contributed by atoms with Gasteiger partial charge in [0.05, 0.1) is 52.0 Å². The molecule has 39 heavy (non-hydrogen) atoms. The van der Waals surface area contributed by atoms with Gasteiger partial charge in [0.25, 0.3) is 0 Å². The van der Waals surface area contributed by atoms with Gasteiger partial charge in [0.15, 0.2) is 11.6 Å². The number of anilines is 1. The molecule has 194 valence electrons. The molecule has 1 aliphatic heterocycles. The lowest BCUT2D eigenvalue weighted by molar-refractivity contribution is 0.100. The molecule has 4 heterocycles. The van der Waals surface area contributed by atoms with Crippen LogP contribution in [0, 0.1) is 24.1 Å². The van der Waals surface area contributed by atoms with Crippen LogP contribution in [0.2, 0.25) is 0 Å². The molecule has 12 heteroatoms. The fourth-order valence-electron chi connectivity index (χ4n) is 4.44. The van der Waals surface area contributed by atoms with E-state index < -0.39 is 18.0 Å². The quantitative estimate of drug-likeness (QED) is 0.319. The predicted octanol–water partition coefficient (Wildman–Crippen LogP) is 5.18. The van der Waals surface area contributed by atoms with Crippen molar-refractivity contribution >= 4 is 44.4 Å². The first-order valence-corrected chi connectivity index (χ1v) is 12.6. The average molecular weight is 543 g/mol. The van der Waals surface area contributed by atoms with Crippen molar-refractivity contribution in [1.29, 1.82) is 5.26 Å². The number of aromatic nitrogens is 4. The Hall–Kier alpha value is -4.89. The van der Waals surface area contributed by atoms with Gasteiger partial charge in [-0.15, -0.1) is 11.3 Å². The van der Waals surface area contributed by atoms with E-state index in [9.17, 15) is 4.79 Å². The van der Waals surface area contributed by atoms with Crippen LogP contribution < -0.4 is 14.8 Å². The van der Waals surface area contributed by atoms with Gasteiger partial charge in [-0.25, -0.2) is 24.1 Å². The number of nitriles is 1. The second-order valence-corrected chi connectivity index (χ2v) is 9.87. The van der Waals surface area contributed by atoms with Crippen LogP contribution in [0.15, 0.2) is 42.9 Å². The van der Waals surface area contributed by atoms with Crippen LogP contribution in [-0.4, -0.2) is 45.8 Å². The number of carbonyl (C=O) groups is 1. The van der Waals surface area contributed by atoms with Gasteiger partial charge in [-0.2, -0.15) is 5.26 Å². The van der Waals surface area contributed by atoms with Crippen molar-refractivity contribution in [3.8, 4) is 28.3 Å². The summed E-state index contributed by atoms with van der Waals surface area (Å²) in [4.78, 5) is 29.9. The number of aryl methyl sites for hydroxylation is 1. The standard InChI is InChI=1S/C27H19FN6O4S/c1-13-3-17(23-20(4-13)33-22(36-2)11-31-23)26-34-21-7-19(28)24-18(25(21)39-26)6-16(38-24)12-37-27(35)32-15-5-14(8-29)9-30-10-15/h3-5,7,9-11,16H,6,12H2,1-2H3,(H,32,35). The largest absolute Gasteiger partial charge is 0.483 e. The number of amides is 1. The van der Waals surface area contributed by atoms with Gasteiger partial charge in [-0.05, 0) is 30.7 Å². The molecular weight excluding hydrogens is 523 g/mol. The highest BCUT2D eigenvalue weighted by Gasteiger charge is 2.31. The summed E-state index contributed by atoms with van der Waals surface area (Å²) in [6, 6.07) is 8.68. The number of hydrogen-bond donors (Lipinski definition) is 1. The van der Waals surface area contributed by atoms with Gasteiger partial charge in [0.2, 0.25) is 5.88 Å². The van der Waals surface area contributed by atoms with E-state index in [4.69, 9.17) is 24.5 Å². The van der Waals surface area contributed by atoms with Crippen molar-refractivity contribution in [2.75, 3.05) is 19.0 Å². The summed E-state index contributed by atoms with van der Waals surface area (Å²) in [7, 11) is 1.54. The van der Waals surface area contributed by atoms with E-state index in [0.717, 1.165) is 15.8 Å². The number of pyridine rings is 1. The molecule has 1 amide bonds. The number of fused-ring (bicyclic) bond motifs is 4. The molecule has 0 saturated carbocycles. The minimum absolute atomic E-state index is 0.0988. The van der Waals surface area contributed by atoms with Crippen LogP contribution >= 0.6 is 11.3 Å². The van der Waals surface area contributed by atoms with Crippen molar-refractivity contribution in [2.45, 2.75) is 19.4 Å². The van der Waals surface area contributed by atoms with Gasteiger partial charge in [0.1, 0.15) is 23.8 Å². The fraction of sp³-hybridized carbons (Fsp3) is 0.185. The van der Waals surface area contributed by atoms with Gasteiger partial charge in [-0.1, -0.05) is 0 Å². The molecule has 0 bridgehead atoms. The van der Waals surface area contributed by atoms with Crippen molar-refractivity contribution in [1.82, 2.24) is 19.9 Å². The number of thiazole rings is 1. The van der Waals surface area contributed by atoms with Crippen LogP contribution in [0.5, 0.6) is 11.6 Å². The molecular formula is C27H19FN6O4S. The third-order valence-electron chi connectivity index (χ3n) is 6.12. The minimum Gasteiger partial charge on any atom is -0.483 e. The summed E-state index contributed by atoms with van der Waals surface area (Å²) in [5.41, 5.74) is 4.93. The summed E-state index contributed by atoms with van der Waals surface area (Å²) in [5.74, 6) is 0.0188. The van der Waals surface area contributed by atoms with Crippen molar-refractivity contribution in [3.63, 3.8) is 0 Å². The molecule has 10 nitrogen and oxygen atoms in total. The lowest BCUT2D eigenvalue weighted by atomic mass is 10.1. The molecule has 0 saturated heterocycles. The summed E-state index contributed by atoms with van der Waals surface area (Å²) in [6.45, 7) is 1.86. The number of halogens is 1. The Morgan fingerprint density at radius 1 is 1.23 bits per heavy atom. The molecule has 0 radical (unpaired) electrons. The van der Waals surface area contributed by atoms with Crippen molar-refractivity contribution in [3.05, 3.63) is 65.4 Å². The highest BCUT2D eigenvalue weighted by molar-refractivity contribution is 7.22. The monoisotopic (exact) mass is 542 g/mol. The molecule has 6 rings (SSSR count). The van der Waals surface area contributed by atoms with Crippen LogP contribution in [0.25, 0.3) is 31.8 Å². The Balaban J connectivity index is 1.24. The topological polar surface area (TPSA) is 132 Å². The lowest BCUT2D eigenvalue weighted by Crippen LogP contribution is -2.25. The van der Waals surface area contributed by atoms with Gasteiger partial charge < -0.3 is 14.2 Å². The molecule has 5 aromatic rings. The predicted molar refractivity (Wildman–Crippen MR) is 141 cm³/mol. The van der Waals surface area contributed by atoms with E-state index in [2.05, 4.69) is 20.3 Å². The first-order valence-electron chi connectivity index (χ1n) is 11.8. The van der Waals surface area contributed by atoms with Gasteiger partial charge in [-0.3, -0.25) is 10.3 Å². The molecule has 0 spiro atoms. The van der Waals surface area contributed by atoms with E-state index in [1.165, 1.54) is 43.0 Å². The number of hydrogen-bond acceptors (Lipinski definition) is 10. The number of carbonyl (C=O) groups excluding carboxylic acids is 1. The number of methoxy groups -OCH3 is 1. The van der Waals surface area contributed by atoms with E-state index in [-0.39, 0.29) is 12.4 Å². The van der Waals surface area contributed by atoms with Crippen LogP contribution in [0.4, 0.5) is 14.9 Å². The summed E-state index contributed by atoms with van der Waals surface area (Å²) >= 11 is 1.42. The average Bonchev–Trinajstić information content (AvgIpc) is 3.56. The SMILES string of the molecule is COc1cnc2c(-c3nc4cc(F)c5c(c4s3)CC(COC(=O)Nc3cncc(C#N)c3)O5)cc(C)cc2n1. The highest BCUT2D eigenvalue weighted by atomic mass is 32.1.